The van der Waals surface area contributed by atoms with Gasteiger partial charge in [0.2, 0.25) is 0 Å². The van der Waals surface area contributed by atoms with E-state index in [1.165, 1.54) is 18.1 Å². The van der Waals surface area contributed by atoms with Crippen molar-refractivity contribution in [2.75, 3.05) is 18.6 Å². The number of para-hydroxylation sites is 2. The topological polar surface area (TPSA) is 85.0 Å². The number of hydrogen-bond donors (Lipinski definition) is 1. The second-order valence-electron chi connectivity index (χ2n) is 7.42. The van der Waals surface area contributed by atoms with Crippen LogP contribution in [0.2, 0.25) is 0 Å². The van der Waals surface area contributed by atoms with Gasteiger partial charge in [-0.2, -0.15) is 0 Å². The molecule has 1 amide bonds. The lowest BCUT2D eigenvalue weighted by Crippen LogP contribution is -2.45. The fraction of sp³-hybridized carbons (Fsp3) is 0.160. The van der Waals surface area contributed by atoms with Crippen LogP contribution in [0.1, 0.15) is 27.0 Å². The van der Waals surface area contributed by atoms with Gasteiger partial charge < -0.3 is 15.4 Å². The molecule has 6 nitrogen and oxygen atoms in total. The van der Waals surface area contributed by atoms with Gasteiger partial charge in [-0.25, -0.2) is 4.39 Å². The molecule has 0 aromatic heterocycles. The van der Waals surface area contributed by atoms with Crippen molar-refractivity contribution in [3.05, 3.63) is 94.8 Å². The van der Waals surface area contributed by atoms with Gasteiger partial charge in [-0.15, -0.1) is 0 Å². The van der Waals surface area contributed by atoms with Crippen molar-refractivity contribution >= 4 is 23.1 Å². The molecule has 1 aliphatic rings. The van der Waals surface area contributed by atoms with Gasteiger partial charge >= 0.3 is 0 Å². The number of ether oxygens (including phenoxy) is 1. The third-order valence-electron chi connectivity index (χ3n) is 5.39. The standard InChI is InChI=1S/C25H22FN3O3/c1-15-8-7-11-18-22(16-9-3-5-12-19(16)26)28-24(27)25(31)29(23(15)18)14-20(30)17-10-4-6-13-21(17)32-2/h3-13,24H,14,27H2,1-2H3/t24-/m0/s1. The van der Waals surface area contributed by atoms with E-state index < -0.39 is 17.9 Å². The number of carbonyl (C=O) groups is 2. The van der Waals surface area contributed by atoms with E-state index in [2.05, 4.69) is 4.99 Å². The molecule has 1 atom stereocenters. The molecule has 0 saturated heterocycles. The molecule has 2 N–H and O–H groups in total. The molecule has 4 rings (SSSR count). The highest BCUT2D eigenvalue weighted by atomic mass is 19.1. The number of aryl methyl sites for hydroxylation is 1. The molecule has 0 bridgehead atoms. The summed E-state index contributed by atoms with van der Waals surface area (Å²) in [5, 5.41) is 0. The van der Waals surface area contributed by atoms with Crippen LogP contribution in [0.3, 0.4) is 0 Å². The fourth-order valence-electron chi connectivity index (χ4n) is 3.87. The van der Waals surface area contributed by atoms with Crippen LogP contribution in [0.4, 0.5) is 10.1 Å². The molecule has 0 saturated carbocycles. The predicted octanol–water partition coefficient (Wildman–Crippen LogP) is 3.49. The first-order valence-corrected chi connectivity index (χ1v) is 10.1. The molecule has 0 radical (unpaired) electrons. The maximum absolute atomic E-state index is 14.6. The van der Waals surface area contributed by atoms with E-state index >= 15 is 0 Å². The molecule has 3 aromatic carbocycles. The molecular formula is C25H22FN3O3. The normalized spacial score (nSPS) is 15.6. The summed E-state index contributed by atoms with van der Waals surface area (Å²) in [6.45, 7) is 1.56. The summed E-state index contributed by atoms with van der Waals surface area (Å²) in [4.78, 5) is 32.1. The number of aliphatic imine (C=N–C) groups is 1. The fourth-order valence-corrected chi connectivity index (χ4v) is 3.87. The zero-order chi connectivity index (χ0) is 22.8. The molecule has 0 unspecified atom stereocenters. The smallest absolute Gasteiger partial charge is 0.266 e. The van der Waals surface area contributed by atoms with E-state index in [1.54, 1.807) is 54.6 Å². The Labute approximate surface area is 185 Å². The van der Waals surface area contributed by atoms with Gasteiger partial charge in [-0.1, -0.05) is 42.5 Å². The third kappa shape index (κ3) is 3.78. The number of anilines is 1. The van der Waals surface area contributed by atoms with Crippen LogP contribution in [0.15, 0.2) is 71.7 Å². The van der Waals surface area contributed by atoms with Crippen LogP contribution < -0.4 is 15.4 Å². The molecule has 162 valence electrons. The van der Waals surface area contributed by atoms with Crippen LogP contribution >= 0.6 is 0 Å². The number of carbonyl (C=O) groups excluding carboxylic acids is 2. The Morgan fingerprint density at radius 2 is 1.75 bits per heavy atom. The highest BCUT2D eigenvalue weighted by Crippen LogP contribution is 2.32. The average molecular weight is 431 g/mol. The van der Waals surface area contributed by atoms with Crippen LogP contribution in [0, 0.1) is 12.7 Å². The zero-order valence-corrected chi connectivity index (χ0v) is 17.7. The van der Waals surface area contributed by atoms with Gasteiger partial charge in [0.1, 0.15) is 11.6 Å². The van der Waals surface area contributed by atoms with Crippen LogP contribution in [0.25, 0.3) is 0 Å². The molecule has 3 aromatic rings. The average Bonchev–Trinajstić information content (AvgIpc) is 2.90. The van der Waals surface area contributed by atoms with Gasteiger partial charge in [0, 0.05) is 11.1 Å². The molecule has 0 fully saturated rings. The van der Waals surface area contributed by atoms with Crippen molar-refractivity contribution in [2.45, 2.75) is 13.1 Å². The Bertz CT molecular complexity index is 1240. The van der Waals surface area contributed by atoms with Crippen LogP contribution in [0.5, 0.6) is 5.75 Å². The van der Waals surface area contributed by atoms with E-state index in [4.69, 9.17) is 10.5 Å². The van der Waals surface area contributed by atoms with Gasteiger partial charge in [0.25, 0.3) is 5.91 Å². The van der Waals surface area contributed by atoms with Gasteiger partial charge in [0.15, 0.2) is 11.9 Å². The summed E-state index contributed by atoms with van der Waals surface area (Å²) < 4.78 is 19.9. The molecule has 32 heavy (non-hydrogen) atoms. The minimum Gasteiger partial charge on any atom is -0.496 e. The molecular weight excluding hydrogens is 409 g/mol. The summed E-state index contributed by atoms with van der Waals surface area (Å²) in [5.41, 5.74) is 8.72. The van der Waals surface area contributed by atoms with Crippen molar-refractivity contribution < 1.29 is 18.7 Å². The Morgan fingerprint density at radius 3 is 2.50 bits per heavy atom. The lowest BCUT2D eigenvalue weighted by atomic mass is 9.97. The number of rotatable bonds is 5. The summed E-state index contributed by atoms with van der Waals surface area (Å²) in [5.74, 6) is -0.920. The summed E-state index contributed by atoms with van der Waals surface area (Å²) in [6.07, 6.45) is -1.29. The van der Waals surface area contributed by atoms with Crippen molar-refractivity contribution in [3.63, 3.8) is 0 Å². The first-order chi connectivity index (χ1) is 15.4. The highest BCUT2D eigenvalue weighted by Gasteiger charge is 2.33. The van der Waals surface area contributed by atoms with Crippen LogP contribution in [-0.4, -0.2) is 37.2 Å². The van der Waals surface area contributed by atoms with E-state index in [-0.39, 0.29) is 23.6 Å². The van der Waals surface area contributed by atoms with Crippen molar-refractivity contribution in [1.82, 2.24) is 0 Å². The maximum atomic E-state index is 14.6. The van der Waals surface area contributed by atoms with Crippen LogP contribution in [-0.2, 0) is 4.79 Å². The highest BCUT2D eigenvalue weighted by molar-refractivity contribution is 6.21. The first-order valence-electron chi connectivity index (χ1n) is 10.1. The maximum Gasteiger partial charge on any atom is 0.266 e. The van der Waals surface area contributed by atoms with Crippen molar-refractivity contribution in [2.24, 2.45) is 10.7 Å². The Morgan fingerprint density at radius 1 is 1.06 bits per heavy atom. The minimum atomic E-state index is -1.29. The number of hydrogen-bond acceptors (Lipinski definition) is 5. The number of nitrogens with zero attached hydrogens (tertiary/aromatic N) is 2. The van der Waals surface area contributed by atoms with Crippen molar-refractivity contribution in [1.29, 1.82) is 0 Å². The van der Waals surface area contributed by atoms with E-state index in [1.807, 2.05) is 13.0 Å². The SMILES string of the molecule is COc1ccccc1C(=O)CN1C(=O)[C@@H](N)N=C(c2ccccc2F)c2cccc(C)c21. The van der Waals surface area contributed by atoms with Gasteiger partial charge in [-0.05, 0) is 36.8 Å². The monoisotopic (exact) mass is 431 g/mol. The third-order valence-corrected chi connectivity index (χ3v) is 5.39. The Balaban J connectivity index is 1.84. The first kappa shape index (κ1) is 21.4. The second-order valence-corrected chi connectivity index (χ2v) is 7.42. The Hall–Kier alpha value is -3.84. The molecule has 7 heteroatoms. The second kappa shape index (κ2) is 8.72. The summed E-state index contributed by atoms with van der Waals surface area (Å²) in [6, 6.07) is 18.4. The summed E-state index contributed by atoms with van der Waals surface area (Å²) in [7, 11) is 1.48. The quantitative estimate of drug-likeness (QED) is 0.627. The number of ketones is 1. The number of Topliss-reactive ketones (excluding diaryl/α,β-unsaturated/α-hetero) is 1. The lowest BCUT2D eigenvalue weighted by Gasteiger charge is -2.25. The number of benzene rings is 3. The van der Waals surface area contributed by atoms with E-state index in [0.717, 1.165) is 5.56 Å². The van der Waals surface area contributed by atoms with E-state index in [9.17, 15) is 14.0 Å². The number of fused-ring (bicyclic) bond motifs is 1. The lowest BCUT2D eigenvalue weighted by molar-refractivity contribution is -0.119. The van der Waals surface area contributed by atoms with Gasteiger partial charge in [0.05, 0.1) is 30.6 Å². The van der Waals surface area contributed by atoms with Gasteiger partial charge in [-0.3, -0.25) is 14.6 Å². The number of halogens is 1. The zero-order valence-electron chi connectivity index (χ0n) is 17.7. The number of methoxy groups -OCH3 is 1. The van der Waals surface area contributed by atoms with E-state index in [0.29, 0.717) is 22.6 Å². The minimum absolute atomic E-state index is 0.237. The molecule has 1 aliphatic heterocycles. The van der Waals surface area contributed by atoms with Crippen molar-refractivity contribution in [3.8, 4) is 5.75 Å². The number of nitrogens with two attached hydrogens (primary N) is 1. The number of amides is 1. The Kier molecular flexibility index (Phi) is 5.83. The predicted molar refractivity (Wildman–Crippen MR) is 121 cm³/mol. The number of benzodiazepines with no additional fused rings is 1. The molecule has 0 aliphatic carbocycles. The molecule has 1 heterocycles. The summed E-state index contributed by atoms with van der Waals surface area (Å²) >= 11 is 0. The molecule has 0 spiro atoms. The largest absolute Gasteiger partial charge is 0.496 e.